The molecule has 0 spiro atoms. The van der Waals surface area contributed by atoms with Gasteiger partial charge < -0.3 is 9.47 Å². The van der Waals surface area contributed by atoms with Crippen molar-refractivity contribution in [1.29, 1.82) is 0 Å². The number of imidazole rings is 1. The van der Waals surface area contributed by atoms with Gasteiger partial charge in [0.05, 0.1) is 12.1 Å². The molecule has 134 valence electrons. The lowest BCUT2D eigenvalue weighted by Crippen LogP contribution is -2.57. The molecule has 0 unspecified atom stereocenters. The topological polar surface area (TPSA) is 75.5 Å². The first-order valence-corrected chi connectivity index (χ1v) is 10.3. The summed E-state index contributed by atoms with van der Waals surface area (Å²) in [6.07, 6.45) is 8.45. The zero-order valence-electron chi connectivity index (χ0n) is 14.2. The number of aryl methyl sites for hydroxylation is 1. The number of rotatable bonds is 6. The Morgan fingerprint density at radius 1 is 1.29 bits per heavy atom. The van der Waals surface area contributed by atoms with E-state index in [-0.39, 0.29) is 23.6 Å². The Bertz CT molecular complexity index is 659. The molecule has 3 heterocycles. The van der Waals surface area contributed by atoms with Crippen LogP contribution in [0.5, 0.6) is 0 Å². The summed E-state index contributed by atoms with van der Waals surface area (Å²) >= 11 is 0. The maximum Gasteiger partial charge on any atom is 0.222 e. The predicted molar refractivity (Wildman–Crippen MR) is 90.7 cm³/mol. The first-order chi connectivity index (χ1) is 11.5. The molecule has 2 aliphatic heterocycles. The zero-order valence-corrected chi connectivity index (χ0v) is 15.0. The van der Waals surface area contributed by atoms with Crippen LogP contribution in [0.2, 0.25) is 0 Å². The van der Waals surface area contributed by atoms with E-state index in [1.54, 1.807) is 23.8 Å². The van der Waals surface area contributed by atoms with Crippen LogP contribution in [0, 0.1) is 5.92 Å². The quantitative estimate of drug-likeness (QED) is 0.762. The predicted octanol–water partition coefficient (Wildman–Crippen LogP) is 0.936. The standard InChI is InChI=1S/C16H26N4O3S/c1-2-24(22,23)19-10-6-15-14(12-19)4-5-16(21)20(15)9-3-8-18-11-7-17-13-18/h7,11,13-15H,2-6,8-10,12H2,1H3/t14-,15+/m0/s1. The molecule has 0 bridgehead atoms. The van der Waals surface area contributed by atoms with Crippen LogP contribution >= 0.6 is 0 Å². The van der Waals surface area contributed by atoms with Crippen LogP contribution in [0.25, 0.3) is 0 Å². The van der Waals surface area contributed by atoms with E-state index >= 15 is 0 Å². The minimum atomic E-state index is -3.13. The number of likely N-dealkylation sites (tertiary alicyclic amines) is 1. The summed E-state index contributed by atoms with van der Waals surface area (Å²) in [6, 6.07) is 0.192. The molecule has 2 fully saturated rings. The van der Waals surface area contributed by atoms with E-state index in [4.69, 9.17) is 0 Å². The van der Waals surface area contributed by atoms with E-state index in [0.717, 1.165) is 32.4 Å². The molecule has 7 nitrogen and oxygen atoms in total. The van der Waals surface area contributed by atoms with Crippen LogP contribution in [0.15, 0.2) is 18.7 Å². The van der Waals surface area contributed by atoms with Crippen molar-refractivity contribution in [1.82, 2.24) is 18.8 Å². The van der Waals surface area contributed by atoms with Crippen LogP contribution in [0.3, 0.4) is 0 Å². The lowest BCUT2D eigenvalue weighted by molar-refractivity contribution is -0.140. The average molecular weight is 354 g/mol. The monoisotopic (exact) mass is 354 g/mol. The second-order valence-electron chi connectivity index (χ2n) is 6.65. The van der Waals surface area contributed by atoms with Crippen LogP contribution in [0.1, 0.15) is 32.6 Å². The summed E-state index contributed by atoms with van der Waals surface area (Å²) in [7, 11) is -3.13. The molecule has 8 heteroatoms. The lowest BCUT2D eigenvalue weighted by Gasteiger charge is -2.46. The van der Waals surface area contributed by atoms with Gasteiger partial charge in [-0.2, -0.15) is 0 Å². The molecule has 0 radical (unpaired) electrons. The number of sulfonamides is 1. The summed E-state index contributed by atoms with van der Waals surface area (Å²) in [5, 5.41) is 0. The summed E-state index contributed by atoms with van der Waals surface area (Å²) in [5.41, 5.74) is 0. The first-order valence-electron chi connectivity index (χ1n) is 8.74. The Labute approximate surface area is 143 Å². The zero-order chi connectivity index (χ0) is 17.2. The van der Waals surface area contributed by atoms with Crippen molar-refractivity contribution >= 4 is 15.9 Å². The number of carbonyl (C=O) groups is 1. The highest BCUT2D eigenvalue weighted by Crippen LogP contribution is 2.32. The Balaban J connectivity index is 1.60. The van der Waals surface area contributed by atoms with Gasteiger partial charge in [-0.3, -0.25) is 4.79 Å². The molecule has 1 amide bonds. The second kappa shape index (κ2) is 7.23. The van der Waals surface area contributed by atoms with Gasteiger partial charge in [0.15, 0.2) is 0 Å². The number of nitrogens with zero attached hydrogens (tertiary/aromatic N) is 4. The van der Waals surface area contributed by atoms with Crippen molar-refractivity contribution in [2.75, 3.05) is 25.4 Å². The normalized spacial score (nSPS) is 25.7. The van der Waals surface area contributed by atoms with Crippen LogP contribution in [-0.4, -0.2) is 64.5 Å². The van der Waals surface area contributed by atoms with E-state index in [1.807, 2.05) is 15.7 Å². The molecule has 1 aromatic rings. The SMILES string of the molecule is CCS(=O)(=O)N1CC[C@@H]2[C@@H](CCC(=O)N2CCCn2ccnc2)C1. The van der Waals surface area contributed by atoms with Gasteiger partial charge >= 0.3 is 0 Å². The Kier molecular flexibility index (Phi) is 5.24. The summed E-state index contributed by atoms with van der Waals surface area (Å²) in [6.45, 7) is 4.36. The third-order valence-electron chi connectivity index (χ3n) is 5.24. The highest BCUT2D eigenvalue weighted by atomic mass is 32.2. The van der Waals surface area contributed by atoms with Crippen molar-refractivity contribution in [3.8, 4) is 0 Å². The van der Waals surface area contributed by atoms with Gasteiger partial charge in [0.1, 0.15) is 0 Å². The van der Waals surface area contributed by atoms with E-state index in [1.165, 1.54) is 0 Å². The number of aromatic nitrogens is 2. The lowest BCUT2D eigenvalue weighted by atomic mass is 9.84. The third kappa shape index (κ3) is 3.64. The van der Waals surface area contributed by atoms with E-state index in [9.17, 15) is 13.2 Å². The van der Waals surface area contributed by atoms with Gasteiger partial charge in [0, 0.05) is 51.0 Å². The molecule has 2 atom stereocenters. The fourth-order valence-electron chi connectivity index (χ4n) is 3.89. The fraction of sp³-hybridized carbons (Fsp3) is 0.750. The Morgan fingerprint density at radius 2 is 2.12 bits per heavy atom. The van der Waals surface area contributed by atoms with Gasteiger partial charge in [-0.05, 0) is 32.1 Å². The minimum absolute atomic E-state index is 0.151. The van der Waals surface area contributed by atoms with Crippen LogP contribution in [-0.2, 0) is 21.4 Å². The second-order valence-corrected chi connectivity index (χ2v) is 8.91. The molecular formula is C16H26N4O3S. The molecule has 1 aromatic heterocycles. The fourth-order valence-corrected chi connectivity index (χ4v) is 5.05. The number of hydrogen-bond donors (Lipinski definition) is 0. The summed E-state index contributed by atoms with van der Waals surface area (Å²) in [4.78, 5) is 18.4. The van der Waals surface area contributed by atoms with Gasteiger partial charge in [-0.25, -0.2) is 17.7 Å². The molecule has 2 aliphatic rings. The summed E-state index contributed by atoms with van der Waals surface area (Å²) < 4.78 is 27.9. The van der Waals surface area contributed by atoms with E-state index < -0.39 is 10.0 Å². The maximum atomic E-state index is 12.4. The van der Waals surface area contributed by atoms with Gasteiger partial charge in [0.25, 0.3) is 0 Å². The molecular weight excluding hydrogens is 328 g/mol. The largest absolute Gasteiger partial charge is 0.339 e. The minimum Gasteiger partial charge on any atom is -0.339 e. The van der Waals surface area contributed by atoms with E-state index in [0.29, 0.717) is 19.5 Å². The number of hydrogen-bond acceptors (Lipinski definition) is 4. The molecule has 3 rings (SSSR count). The average Bonchev–Trinajstić information content (AvgIpc) is 3.09. The number of carbonyl (C=O) groups excluding carboxylic acids is 1. The smallest absolute Gasteiger partial charge is 0.222 e. The van der Waals surface area contributed by atoms with Crippen molar-refractivity contribution in [2.45, 2.75) is 45.2 Å². The molecule has 0 aliphatic carbocycles. The third-order valence-corrected chi connectivity index (χ3v) is 7.09. The van der Waals surface area contributed by atoms with Crippen LogP contribution < -0.4 is 0 Å². The van der Waals surface area contributed by atoms with Crippen molar-refractivity contribution in [3.05, 3.63) is 18.7 Å². The molecule has 0 N–H and O–H groups in total. The molecule has 2 saturated heterocycles. The van der Waals surface area contributed by atoms with Gasteiger partial charge in [-0.1, -0.05) is 0 Å². The number of amides is 1. The molecule has 0 saturated carbocycles. The maximum absolute atomic E-state index is 12.4. The van der Waals surface area contributed by atoms with Crippen LogP contribution in [0.4, 0.5) is 0 Å². The Hall–Kier alpha value is -1.41. The van der Waals surface area contributed by atoms with Gasteiger partial charge in [-0.15, -0.1) is 0 Å². The first kappa shape index (κ1) is 17.4. The number of piperidine rings is 2. The van der Waals surface area contributed by atoms with Crippen molar-refractivity contribution in [3.63, 3.8) is 0 Å². The van der Waals surface area contributed by atoms with Crippen molar-refractivity contribution in [2.24, 2.45) is 5.92 Å². The highest BCUT2D eigenvalue weighted by Gasteiger charge is 2.41. The summed E-state index contributed by atoms with van der Waals surface area (Å²) in [5.74, 6) is 0.637. The number of fused-ring (bicyclic) bond motifs is 1. The molecule has 0 aromatic carbocycles. The highest BCUT2D eigenvalue weighted by molar-refractivity contribution is 7.89. The molecule has 24 heavy (non-hydrogen) atoms. The van der Waals surface area contributed by atoms with Crippen molar-refractivity contribution < 1.29 is 13.2 Å². The van der Waals surface area contributed by atoms with Gasteiger partial charge in [0.2, 0.25) is 15.9 Å². The Morgan fingerprint density at radius 3 is 2.83 bits per heavy atom. The van der Waals surface area contributed by atoms with E-state index in [2.05, 4.69) is 4.98 Å².